The smallest absolute Gasteiger partial charge is 0.234 e. The molecule has 168 valence electrons. The first-order chi connectivity index (χ1) is 16.1. The molecule has 33 heavy (non-hydrogen) atoms. The average Bonchev–Trinajstić information content (AvgIpc) is 3.26. The number of carbonyl (C=O) groups excluding carboxylic acids is 1. The van der Waals surface area contributed by atoms with Gasteiger partial charge in [-0.1, -0.05) is 54.2 Å². The average molecular weight is 463 g/mol. The summed E-state index contributed by atoms with van der Waals surface area (Å²) in [4.78, 5) is 12.4. The van der Waals surface area contributed by atoms with E-state index in [2.05, 4.69) is 15.5 Å². The van der Waals surface area contributed by atoms with Crippen LogP contribution in [0.1, 0.15) is 12.5 Å². The SMILES string of the molecule is CCn1c(SCC(=O)Nc2ccc(OCc3ccccc3)cc2)nnc1-c1ccccc1F. The summed E-state index contributed by atoms with van der Waals surface area (Å²) in [5.41, 5.74) is 2.15. The summed E-state index contributed by atoms with van der Waals surface area (Å²) in [7, 11) is 0. The van der Waals surface area contributed by atoms with E-state index in [4.69, 9.17) is 4.74 Å². The summed E-state index contributed by atoms with van der Waals surface area (Å²) in [5, 5.41) is 11.7. The molecule has 1 amide bonds. The summed E-state index contributed by atoms with van der Waals surface area (Å²) < 4.78 is 21.7. The molecule has 0 aliphatic heterocycles. The van der Waals surface area contributed by atoms with Crippen LogP contribution in [0, 0.1) is 5.82 Å². The van der Waals surface area contributed by atoms with Crippen molar-refractivity contribution in [3.63, 3.8) is 0 Å². The Morgan fingerprint density at radius 2 is 1.73 bits per heavy atom. The van der Waals surface area contributed by atoms with Gasteiger partial charge in [0.15, 0.2) is 11.0 Å². The van der Waals surface area contributed by atoms with E-state index in [9.17, 15) is 9.18 Å². The molecule has 0 spiro atoms. The third-order valence-electron chi connectivity index (χ3n) is 4.87. The first-order valence-corrected chi connectivity index (χ1v) is 11.5. The molecule has 8 heteroatoms. The van der Waals surface area contributed by atoms with Crippen molar-refractivity contribution in [2.45, 2.75) is 25.2 Å². The number of ether oxygens (including phenoxy) is 1. The molecule has 0 saturated carbocycles. The van der Waals surface area contributed by atoms with Gasteiger partial charge in [-0.25, -0.2) is 4.39 Å². The van der Waals surface area contributed by atoms with Crippen molar-refractivity contribution in [3.8, 4) is 17.1 Å². The Kier molecular flexibility index (Phi) is 7.36. The number of aromatic nitrogens is 3. The van der Waals surface area contributed by atoms with E-state index >= 15 is 0 Å². The van der Waals surface area contributed by atoms with Crippen LogP contribution in [0.4, 0.5) is 10.1 Å². The highest BCUT2D eigenvalue weighted by Gasteiger charge is 2.17. The molecule has 1 N–H and O–H groups in total. The quantitative estimate of drug-likeness (QED) is 0.337. The topological polar surface area (TPSA) is 69.0 Å². The van der Waals surface area contributed by atoms with E-state index in [1.165, 1.54) is 17.8 Å². The lowest BCUT2D eigenvalue weighted by molar-refractivity contribution is -0.113. The standard InChI is InChI=1S/C25H23FN4O2S/c1-2-30-24(21-10-6-7-11-22(21)26)28-29-25(30)33-17-23(31)27-19-12-14-20(15-13-19)32-16-18-8-4-3-5-9-18/h3-15H,2,16-17H2,1H3,(H,27,31). The summed E-state index contributed by atoms with van der Waals surface area (Å²) in [6.45, 7) is 2.97. The van der Waals surface area contributed by atoms with E-state index in [1.807, 2.05) is 49.4 Å². The van der Waals surface area contributed by atoms with Gasteiger partial charge in [0, 0.05) is 12.2 Å². The first-order valence-electron chi connectivity index (χ1n) is 10.5. The second-order valence-corrected chi connectivity index (χ2v) is 8.11. The highest BCUT2D eigenvalue weighted by atomic mass is 32.2. The fraction of sp³-hybridized carbons (Fsp3) is 0.160. The van der Waals surface area contributed by atoms with Crippen LogP contribution in [0.3, 0.4) is 0 Å². The van der Waals surface area contributed by atoms with Crippen LogP contribution in [0.5, 0.6) is 5.75 Å². The van der Waals surface area contributed by atoms with Crippen LogP contribution < -0.4 is 10.1 Å². The fourth-order valence-electron chi connectivity index (χ4n) is 3.22. The maximum Gasteiger partial charge on any atom is 0.234 e. The maximum atomic E-state index is 14.2. The number of nitrogens with one attached hydrogen (secondary N) is 1. The molecule has 1 aromatic heterocycles. The Morgan fingerprint density at radius 3 is 2.45 bits per heavy atom. The Balaban J connectivity index is 1.32. The number of amides is 1. The van der Waals surface area contributed by atoms with E-state index in [1.54, 1.807) is 34.9 Å². The van der Waals surface area contributed by atoms with Gasteiger partial charge in [0.2, 0.25) is 5.91 Å². The van der Waals surface area contributed by atoms with Gasteiger partial charge in [-0.15, -0.1) is 10.2 Å². The Hall–Kier alpha value is -3.65. The molecule has 6 nitrogen and oxygen atoms in total. The van der Waals surface area contributed by atoms with Gasteiger partial charge in [-0.3, -0.25) is 4.79 Å². The number of anilines is 1. The zero-order valence-electron chi connectivity index (χ0n) is 18.1. The molecule has 0 saturated heterocycles. The summed E-state index contributed by atoms with van der Waals surface area (Å²) in [5.74, 6) is 0.801. The molecule has 0 aliphatic carbocycles. The second kappa shape index (κ2) is 10.8. The highest BCUT2D eigenvalue weighted by Crippen LogP contribution is 2.26. The number of hydrogen-bond donors (Lipinski definition) is 1. The largest absolute Gasteiger partial charge is 0.489 e. The summed E-state index contributed by atoms with van der Waals surface area (Å²) in [6, 6.07) is 23.6. The second-order valence-electron chi connectivity index (χ2n) is 7.17. The number of halogens is 1. The Morgan fingerprint density at radius 1 is 1.00 bits per heavy atom. The number of hydrogen-bond acceptors (Lipinski definition) is 5. The van der Waals surface area contributed by atoms with Gasteiger partial charge in [0.05, 0.1) is 11.3 Å². The predicted molar refractivity (Wildman–Crippen MR) is 128 cm³/mol. The van der Waals surface area contributed by atoms with Crippen molar-refractivity contribution in [3.05, 3.63) is 90.2 Å². The molecule has 0 aliphatic rings. The van der Waals surface area contributed by atoms with Crippen molar-refractivity contribution >= 4 is 23.4 Å². The van der Waals surface area contributed by atoms with Gasteiger partial charge < -0.3 is 14.6 Å². The minimum atomic E-state index is -0.356. The van der Waals surface area contributed by atoms with Gasteiger partial charge in [-0.05, 0) is 48.9 Å². The minimum absolute atomic E-state index is 0.154. The van der Waals surface area contributed by atoms with Gasteiger partial charge in [-0.2, -0.15) is 0 Å². The van der Waals surface area contributed by atoms with Crippen molar-refractivity contribution < 1.29 is 13.9 Å². The summed E-state index contributed by atoms with van der Waals surface area (Å²) in [6.07, 6.45) is 0. The Labute approximate surface area is 195 Å². The molecule has 0 bridgehead atoms. The molecule has 0 atom stereocenters. The molecule has 0 radical (unpaired) electrons. The fourth-order valence-corrected chi connectivity index (χ4v) is 4.03. The highest BCUT2D eigenvalue weighted by molar-refractivity contribution is 7.99. The number of benzene rings is 3. The lowest BCUT2D eigenvalue weighted by atomic mass is 10.2. The number of carbonyl (C=O) groups is 1. The van der Waals surface area contributed by atoms with Crippen LogP contribution in [0.2, 0.25) is 0 Å². The Bertz CT molecular complexity index is 1210. The van der Waals surface area contributed by atoms with E-state index in [0.717, 1.165) is 11.3 Å². The van der Waals surface area contributed by atoms with Crippen molar-refractivity contribution in [2.24, 2.45) is 0 Å². The van der Waals surface area contributed by atoms with Crippen LogP contribution >= 0.6 is 11.8 Å². The van der Waals surface area contributed by atoms with Crippen molar-refractivity contribution in [1.82, 2.24) is 14.8 Å². The van der Waals surface area contributed by atoms with E-state index in [0.29, 0.717) is 35.4 Å². The zero-order valence-corrected chi connectivity index (χ0v) is 18.9. The summed E-state index contributed by atoms with van der Waals surface area (Å²) >= 11 is 1.26. The van der Waals surface area contributed by atoms with Crippen LogP contribution in [0.15, 0.2) is 84.0 Å². The molecule has 0 unspecified atom stereocenters. The maximum absolute atomic E-state index is 14.2. The molecule has 3 aromatic carbocycles. The molecule has 4 rings (SSSR count). The molecular formula is C25H23FN4O2S. The normalized spacial score (nSPS) is 10.7. The number of nitrogens with zero attached hydrogens (tertiary/aromatic N) is 3. The third-order valence-corrected chi connectivity index (χ3v) is 5.83. The lowest BCUT2D eigenvalue weighted by Crippen LogP contribution is -2.14. The minimum Gasteiger partial charge on any atom is -0.489 e. The molecule has 1 heterocycles. The monoisotopic (exact) mass is 462 g/mol. The number of thioether (sulfide) groups is 1. The molecule has 4 aromatic rings. The van der Waals surface area contributed by atoms with Gasteiger partial charge >= 0.3 is 0 Å². The van der Waals surface area contributed by atoms with Crippen LogP contribution in [-0.2, 0) is 17.9 Å². The predicted octanol–water partition coefficient (Wildman–Crippen LogP) is 5.41. The van der Waals surface area contributed by atoms with Crippen LogP contribution in [-0.4, -0.2) is 26.4 Å². The first kappa shape index (κ1) is 22.5. The van der Waals surface area contributed by atoms with Gasteiger partial charge in [0.1, 0.15) is 18.2 Å². The van der Waals surface area contributed by atoms with Crippen molar-refractivity contribution in [1.29, 1.82) is 0 Å². The van der Waals surface area contributed by atoms with Crippen molar-refractivity contribution in [2.75, 3.05) is 11.1 Å². The van der Waals surface area contributed by atoms with Gasteiger partial charge in [0.25, 0.3) is 0 Å². The zero-order chi connectivity index (χ0) is 23.0. The molecular weight excluding hydrogens is 439 g/mol. The van der Waals surface area contributed by atoms with Crippen LogP contribution in [0.25, 0.3) is 11.4 Å². The third kappa shape index (κ3) is 5.78. The number of rotatable bonds is 9. The van der Waals surface area contributed by atoms with E-state index < -0.39 is 0 Å². The lowest BCUT2D eigenvalue weighted by Gasteiger charge is -2.09. The van der Waals surface area contributed by atoms with E-state index in [-0.39, 0.29) is 17.5 Å². The molecule has 0 fully saturated rings.